The van der Waals surface area contributed by atoms with Gasteiger partial charge in [0.25, 0.3) is 0 Å². The molecule has 0 saturated heterocycles. The van der Waals surface area contributed by atoms with E-state index in [1.165, 1.54) is 18.5 Å². The fourth-order valence-electron chi connectivity index (χ4n) is 2.09. The Hall–Kier alpha value is -0.760. The Balaban J connectivity index is 2.05. The van der Waals surface area contributed by atoms with Crippen LogP contribution in [0.25, 0.3) is 11.5 Å². The zero-order valence-electron chi connectivity index (χ0n) is 12.7. The highest BCUT2D eigenvalue weighted by Crippen LogP contribution is 2.43. The van der Waals surface area contributed by atoms with Crippen LogP contribution in [-0.2, 0) is 5.41 Å². The van der Waals surface area contributed by atoms with Crippen LogP contribution in [0, 0.1) is 3.57 Å². The van der Waals surface area contributed by atoms with Crippen LogP contribution in [0.5, 0.6) is 0 Å². The predicted octanol–water partition coefficient (Wildman–Crippen LogP) is 4.42. The molecule has 2 heterocycles. The van der Waals surface area contributed by atoms with Gasteiger partial charge in [-0.15, -0.1) is 11.3 Å². The van der Waals surface area contributed by atoms with Gasteiger partial charge >= 0.3 is 0 Å². The topological polar surface area (TPSA) is 50.7 Å². The molecule has 0 atom stereocenters. The van der Waals surface area contributed by atoms with Crippen LogP contribution in [-0.4, -0.2) is 22.0 Å². The average molecular weight is 414 g/mol. The molecule has 0 unspecified atom stereocenters. The van der Waals surface area contributed by atoms with Gasteiger partial charge in [-0.05, 0) is 35.4 Å². The Bertz CT molecular complexity index is 671. The number of nitrogens with zero attached hydrogens (tertiary/aromatic N) is 3. The highest BCUT2D eigenvalue weighted by Gasteiger charge is 2.30. The molecule has 0 spiro atoms. The van der Waals surface area contributed by atoms with Crippen molar-refractivity contribution < 1.29 is 0 Å². The molecule has 112 valence electrons. The summed E-state index contributed by atoms with van der Waals surface area (Å²) in [4.78, 5) is 14.2. The normalized spacial score (nSPS) is 15.3. The van der Waals surface area contributed by atoms with Crippen LogP contribution in [0.3, 0.4) is 0 Å². The molecular formula is C15H19IN4S. The summed E-state index contributed by atoms with van der Waals surface area (Å²) in [5.74, 6) is 2.26. The van der Waals surface area contributed by atoms with Gasteiger partial charge in [-0.25, -0.2) is 15.0 Å². The lowest BCUT2D eigenvalue weighted by atomic mass is 9.98. The van der Waals surface area contributed by atoms with Gasteiger partial charge in [-0.3, -0.25) is 0 Å². The van der Waals surface area contributed by atoms with Crippen molar-refractivity contribution in [1.29, 1.82) is 0 Å². The summed E-state index contributed by atoms with van der Waals surface area (Å²) in [6.45, 7) is 6.54. The fourth-order valence-corrected chi connectivity index (χ4v) is 3.93. The summed E-state index contributed by atoms with van der Waals surface area (Å²) in [5, 5.41) is 6.37. The third-order valence-electron chi connectivity index (χ3n) is 3.45. The van der Waals surface area contributed by atoms with Crippen LogP contribution < -0.4 is 5.32 Å². The summed E-state index contributed by atoms with van der Waals surface area (Å²) in [7, 11) is 1.91. The molecule has 3 rings (SSSR count). The van der Waals surface area contributed by atoms with Gasteiger partial charge in [0.05, 0.1) is 14.3 Å². The van der Waals surface area contributed by atoms with Crippen molar-refractivity contribution in [3.05, 3.63) is 19.7 Å². The lowest BCUT2D eigenvalue weighted by Crippen LogP contribution is -2.10. The van der Waals surface area contributed by atoms with Crippen molar-refractivity contribution in [2.24, 2.45) is 0 Å². The van der Waals surface area contributed by atoms with E-state index in [9.17, 15) is 0 Å². The average Bonchev–Trinajstić information content (AvgIpc) is 3.13. The summed E-state index contributed by atoms with van der Waals surface area (Å²) < 4.78 is 1.15. The van der Waals surface area contributed by atoms with E-state index in [4.69, 9.17) is 9.97 Å². The van der Waals surface area contributed by atoms with Crippen molar-refractivity contribution in [2.45, 2.75) is 44.9 Å². The van der Waals surface area contributed by atoms with Gasteiger partial charge in [-0.1, -0.05) is 20.8 Å². The molecule has 1 fully saturated rings. The molecular weight excluding hydrogens is 395 g/mol. The number of aromatic nitrogens is 3. The second-order valence-corrected chi connectivity index (χ2v) is 8.34. The van der Waals surface area contributed by atoms with E-state index in [1.54, 1.807) is 11.3 Å². The van der Waals surface area contributed by atoms with Gasteiger partial charge in [0.2, 0.25) is 0 Å². The first kappa shape index (κ1) is 15.1. The fraction of sp³-hybridized carbons (Fsp3) is 0.533. The van der Waals surface area contributed by atoms with E-state index < -0.39 is 0 Å². The first-order chi connectivity index (χ1) is 9.90. The number of hydrogen-bond donors (Lipinski definition) is 1. The molecule has 0 aromatic carbocycles. The maximum absolute atomic E-state index is 4.79. The van der Waals surface area contributed by atoms with E-state index in [1.807, 2.05) is 7.05 Å². The van der Waals surface area contributed by atoms with E-state index in [2.05, 4.69) is 59.0 Å². The minimum atomic E-state index is 0.0667. The summed E-state index contributed by atoms with van der Waals surface area (Å²) >= 11 is 4.03. The number of thiazole rings is 1. The number of hydrogen-bond acceptors (Lipinski definition) is 5. The first-order valence-corrected chi connectivity index (χ1v) is 9.07. The molecule has 4 nitrogen and oxygen atoms in total. The Morgan fingerprint density at radius 2 is 1.95 bits per heavy atom. The minimum Gasteiger partial charge on any atom is -0.372 e. The van der Waals surface area contributed by atoms with Crippen LogP contribution in [0.4, 0.5) is 5.82 Å². The zero-order valence-corrected chi connectivity index (χ0v) is 15.7. The van der Waals surface area contributed by atoms with Crippen LogP contribution >= 0.6 is 33.9 Å². The summed E-state index contributed by atoms with van der Waals surface area (Å²) in [5.41, 5.74) is 2.13. The molecule has 1 aliphatic carbocycles. The lowest BCUT2D eigenvalue weighted by Gasteiger charge is -2.13. The monoisotopic (exact) mass is 414 g/mol. The highest BCUT2D eigenvalue weighted by molar-refractivity contribution is 14.1. The zero-order chi connectivity index (χ0) is 15.2. The van der Waals surface area contributed by atoms with Crippen molar-refractivity contribution in [3.63, 3.8) is 0 Å². The van der Waals surface area contributed by atoms with E-state index >= 15 is 0 Å². The van der Waals surface area contributed by atoms with Crippen LogP contribution in [0.2, 0.25) is 0 Å². The molecule has 2 aromatic rings. The second-order valence-electron chi connectivity index (χ2n) is 6.41. The Morgan fingerprint density at radius 3 is 2.48 bits per heavy atom. The van der Waals surface area contributed by atoms with Crippen LogP contribution in [0.1, 0.15) is 50.2 Å². The molecule has 0 amide bonds. The molecule has 21 heavy (non-hydrogen) atoms. The molecule has 1 N–H and O–H groups in total. The van der Waals surface area contributed by atoms with Crippen molar-refractivity contribution >= 4 is 39.7 Å². The minimum absolute atomic E-state index is 0.0667. The van der Waals surface area contributed by atoms with Gasteiger partial charge in [0.15, 0.2) is 5.82 Å². The molecule has 0 bridgehead atoms. The van der Waals surface area contributed by atoms with E-state index in [0.717, 1.165) is 25.9 Å². The second kappa shape index (κ2) is 5.46. The molecule has 1 aliphatic rings. The van der Waals surface area contributed by atoms with E-state index in [-0.39, 0.29) is 5.41 Å². The third kappa shape index (κ3) is 3.06. The maximum Gasteiger partial charge on any atom is 0.181 e. The quantitative estimate of drug-likeness (QED) is 0.756. The molecule has 0 radical (unpaired) electrons. The largest absolute Gasteiger partial charge is 0.372 e. The lowest BCUT2D eigenvalue weighted by molar-refractivity contribution is 0.586. The van der Waals surface area contributed by atoms with Crippen molar-refractivity contribution in [2.75, 3.05) is 12.4 Å². The molecule has 0 aliphatic heterocycles. The summed E-state index contributed by atoms with van der Waals surface area (Å²) in [6.07, 6.45) is 2.47. The highest BCUT2D eigenvalue weighted by atomic mass is 127. The number of halogens is 1. The van der Waals surface area contributed by atoms with Gasteiger partial charge in [-0.2, -0.15) is 0 Å². The smallest absolute Gasteiger partial charge is 0.181 e. The SMILES string of the molecule is CNc1nc(-c2csc(C(C)(C)C)n2)nc(C2CC2)c1I. The standard InChI is InChI=1S/C15H19IN4S/c1-15(2,3)14-18-9(7-21-14)12-19-11(8-5-6-8)10(16)13(17-4)20-12/h7-8H,5-6H2,1-4H3,(H,17,19,20). The summed E-state index contributed by atoms with van der Waals surface area (Å²) in [6, 6.07) is 0. The Labute approximate surface area is 143 Å². The van der Waals surface area contributed by atoms with Crippen molar-refractivity contribution in [3.8, 4) is 11.5 Å². The van der Waals surface area contributed by atoms with E-state index in [0.29, 0.717) is 5.92 Å². The van der Waals surface area contributed by atoms with Gasteiger partial charge in [0.1, 0.15) is 11.5 Å². The number of rotatable bonds is 3. The molecule has 1 saturated carbocycles. The predicted molar refractivity (Wildman–Crippen MR) is 96.1 cm³/mol. The molecule has 6 heteroatoms. The third-order valence-corrected chi connectivity index (χ3v) is 5.78. The van der Waals surface area contributed by atoms with Gasteiger partial charge < -0.3 is 5.32 Å². The Kier molecular flexibility index (Phi) is 3.94. The Morgan fingerprint density at radius 1 is 1.24 bits per heavy atom. The van der Waals surface area contributed by atoms with Crippen molar-refractivity contribution in [1.82, 2.24) is 15.0 Å². The van der Waals surface area contributed by atoms with Gasteiger partial charge in [0, 0.05) is 23.8 Å². The maximum atomic E-state index is 4.79. The van der Waals surface area contributed by atoms with Crippen LogP contribution in [0.15, 0.2) is 5.38 Å². The number of anilines is 1. The molecule has 2 aromatic heterocycles. The first-order valence-electron chi connectivity index (χ1n) is 7.11. The number of nitrogens with one attached hydrogen (secondary N) is 1.